The number of rotatable bonds is 7. The lowest BCUT2D eigenvalue weighted by molar-refractivity contribution is 0.173. The van der Waals surface area contributed by atoms with E-state index in [-0.39, 0.29) is 5.66 Å². The Morgan fingerprint density at radius 1 is 0.552 bits per heavy atom. The van der Waals surface area contributed by atoms with Gasteiger partial charge in [-0.25, -0.2) is 0 Å². The van der Waals surface area contributed by atoms with E-state index in [1.165, 1.54) is 16.2 Å². The van der Waals surface area contributed by atoms with Crippen LogP contribution in [0.4, 0.5) is 0 Å². The molecule has 144 valence electrons. The Labute approximate surface area is 174 Å². The van der Waals surface area contributed by atoms with E-state index in [4.69, 9.17) is 0 Å². The van der Waals surface area contributed by atoms with E-state index in [1.54, 1.807) is 0 Å². The fourth-order valence-electron chi connectivity index (χ4n) is 3.78. The number of hydrogen-bond donors (Lipinski definition) is 1. The predicted octanol–water partition coefficient (Wildman–Crippen LogP) is 5.46. The van der Waals surface area contributed by atoms with E-state index in [2.05, 4.69) is 84.9 Å². The molecule has 2 atom stereocenters. The van der Waals surface area contributed by atoms with Crippen molar-refractivity contribution in [1.82, 2.24) is 0 Å². The lowest BCUT2D eigenvalue weighted by atomic mass is 10.0. The maximum atomic E-state index is 11.6. The summed E-state index contributed by atoms with van der Waals surface area (Å²) in [6, 6.07) is 41.9. The molecule has 0 aliphatic carbocycles. The van der Waals surface area contributed by atoms with Crippen LogP contribution in [-0.2, 0) is 6.42 Å². The van der Waals surface area contributed by atoms with E-state index >= 15 is 0 Å². The first-order chi connectivity index (χ1) is 14.3. The Balaban J connectivity index is 1.81. The molecule has 29 heavy (non-hydrogen) atoms. The number of aliphatic hydroxyl groups is 1. The molecular weight excluding hydrogens is 371 g/mol. The van der Waals surface area contributed by atoms with Crippen molar-refractivity contribution in [3.05, 3.63) is 132 Å². The van der Waals surface area contributed by atoms with Gasteiger partial charge in [0.1, 0.15) is 0 Å². The van der Waals surface area contributed by atoms with Crippen molar-refractivity contribution >= 4 is 18.5 Å². The van der Waals surface area contributed by atoms with Gasteiger partial charge in [-0.2, -0.15) is 0 Å². The summed E-state index contributed by atoms with van der Waals surface area (Å²) < 4.78 is 0. The van der Waals surface area contributed by atoms with Crippen LogP contribution in [-0.4, -0.2) is 10.8 Å². The average Bonchev–Trinajstić information content (AvgIpc) is 2.81. The molecule has 0 aromatic heterocycles. The van der Waals surface area contributed by atoms with Crippen LogP contribution in [0.5, 0.6) is 0 Å². The molecule has 0 radical (unpaired) electrons. The summed E-state index contributed by atoms with van der Waals surface area (Å²) >= 11 is 0. The minimum atomic E-state index is -0.751. The summed E-state index contributed by atoms with van der Waals surface area (Å²) in [5.74, 6) is 0. The van der Waals surface area contributed by atoms with Gasteiger partial charge in [-0.3, -0.25) is 0 Å². The molecule has 1 nitrogen and oxygen atoms in total. The number of hydrogen-bond acceptors (Lipinski definition) is 1. The highest BCUT2D eigenvalue weighted by molar-refractivity contribution is 7.73. The maximum absolute atomic E-state index is 11.6. The van der Waals surface area contributed by atoms with Crippen molar-refractivity contribution in [3.63, 3.8) is 0 Å². The van der Waals surface area contributed by atoms with Gasteiger partial charge in [-0.1, -0.05) is 121 Å². The fraction of sp³-hybridized carbons (Fsp3) is 0.111. The van der Waals surface area contributed by atoms with Crippen molar-refractivity contribution in [2.24, 2.45) is 0 Å². The SMILES string of the molecule is O[C@H](c1ccccc1)[C@H](Cc1ccccc1)P(c1ccccc1)c1ccccc1. The quantitative estimate of drug-likeness (QED) is 0.411. The smallest absolute Gasteiger partial charge is 0.0866 e. The van der Waals surface area contributed by atoms with Gasteiger partial charge in [0.25, 0.3) is 0 Å². The summed E-state index contributed by atoms with van der Waals surface area (Å²) in [7, 11) is -0.751. The van der Waals surface area contributed by atoms with Crippen molar-refractivity contribution in [2.75, 3.05) is 0 Å². The van der Waals surface area contributed by atoms with Gasteiger partial charge < -0.3 is 5.11 Å². The second kappa shape index (κ2) is 9.65. The molecular formula is C27H25OP. The highest BCUT2D eigenvalue weighted by Gasteiger charge is 2.31. The summed E-state index contributed by atoms with van der Waals surface area (Å²) in [5, 5.41) is 14.1. The van der Waals surface area contributed by atoms with Gasteiger partial charge >= 0.3 is 0 Å². The Morgan fingerprint density at radius 2 is 0.966 bits per heavy atom. The second-order valence-electron chi connectivity index (χ2n) is 7.15. The third kappa shape index (κ3) is 4.82. The molecule has 2 heteroatoms. The molecule has 1 N–H and O–H groups in total. The lowest BCUT2D eigenvalue weighted by Crippen LogP contribution is -2.29. The van der Waals surface area contributed by atoms with Crippen LogP contribution in [0.1, 0.15) is 17.2 Å². The van der Waals surface area contributed by atoms with Crippen LogP contribution in [0, 0.1) is 0 Å². The van der Waals surface area contributed by atoms with Crippen LogP contribution in [0.2, 0.25) is 0 Å². The fourth-order valence-corrected chi connectivity index (χ4v) is 6.68. The first-order valence-electron chi connectivity index (χ1n) is 9.99. The van der Waals surface area contributed by atoms with Gasteiger partial charge in [-0.05, 0) is 36.1 Å². The highest BCUT2D eigenvalue weighted by atomic mass is 31.1. The molecule has 4 aromatic rings. The van der Waals surface area contributed by atoms with E-state index < -0.39 is 14.0 Å². The predicted molar refractivity (Wildman–Crippen MR) is 124 cm³/mol. The Morgan fingerprint density at radius 3 is 1.45 bits per heavy atom. The minimum Gasteiger partial charge on any atom is -0.388 e. The van der Waals surface area contributed by atoms with Crippen molar-refractivity contribution < 1.29 is 5.11 Å². The summed E-state index contributed by atoms with van der Waals surface area (Å²) in [6.45, 7) is 0. The van der Waals surface area contributed by atoms with Crippen LogP contribution >= 0.6 is 7.92 Å². The summed E-state index contributed by atoms with van der Waals surface area (Å²) in [4.78, 5) is 0. The Kier molecular flexibility index (Phi) is 6.52. The van der Waals surface area contributed by atoms with Gasteiger partial charge in [0.15, 0.2) is 0 Å². The molecule has 0 bridgehead atoms. The number of aliphatic hydroxyl groups excluding tert-OH is 1. The van der Waals surface area contributed by atoms with Gasteiger partial charge in [-0.15, -0.1) is 0 Å². The van der Waals surface area contributed by atoms with E-state index in [0.717, 1.165) is 12.0 Å². The summed E-state index contributed by atoms with van der Waals surface area (Å²) in [5.41, 5.74) is 2.30. The lowest BCUT2D eigenvalue weighted by Gasteiger charge is -2.33. The number of benzene rings is 4. The van der Waals surface area contributed by atoms with E-state index in [1.807, 2.05) is 36.4 Å². The topological polar surface area (TPSA) is 20.2 Å². The van der Waals surface area contributed by atoms with E-state index in [0.29, 0.717) is 0 Å². The zero-order valence-corrected chi connectivity index (χ0v) is 17.2. The molecule has 4 rings (SSSR count). The Bertz CT molecular complexity index is 948. The largest absolute Gasteiger partial charge is 0.388 e. The molecule has 0 spiro atoms. The minimum absolute atomic E-state index is 0.0691. The average molecular weight is 396 g/mol. The maximum Gasteiger partial charge on any atom is 0.0866 e. The first-order valence-corrected chi connectivity index (χ1v) is 11.4. The van der Waals surface area contributed by atoms with Crippen molar-refractivity contribution in [3.8, 4) is 0 Å². The van der Waals surface area contributed by atoms with Crippen LogP contribution in [0.15, 0.2) is 121 Å². The molecule has 0 fully saturated rings. The molecule has 0 unspecified atom stereocenters. The van der Waals surface area contributed by atoms with Crippen molar-refractivity contribution in [1.29, 1.82) is 0 Å². The van der Waals surface area contributed by atoms with Gasteiger partial charge in [0.2, 0.25) is 0 Å². The molecule has 0 aliphatic rings. The zero-order chi connectivity index (χ0) is 19.9. The van der Waals surface area contributed by atoms with Crippen LogP contribution in [0.25, 0.3) is 0 Å². The van der Waals surface area contributed by atoms with Crippen molar-refractivity contribution in [2.45, 2.75) is 18.2 Å². The monoisotopic (exact) mass is 396 g/mol. The molecule has 4 aromatic carbocycles. The normalized spacial score (nSPS) is 13.2. The molecule has 0 amide bonds. The molecule has 0 saturated carbocycles. The molecule has 0 heterocycles. The standard InChI is InChI=1S/C27H25OP/c28-27(23-15-7-2-8-16-23)26(21-22-13-5-1-6-14-22)29(24-17-9-3-10-18-24)25-19-11-4-12-20-25/h1-20,26-28H,21H2/t26-,27+/m0/s1. The highest BCUT2D eigenvalue weighted by Crippen LogP contribution is 2.46. The third-order valence-corrected chi connectivity index (χ3v) is 8.03. The van der Waals surface area contributed by atoms with Gasteiger partial charge in [0.05, 0.1) is 6.10 Å². The van der Waals surface area contributed by atoms with Crippen LogP contribution in [0.3, 0.4) is 0 Å². The first kappa shape index (κ1) is 19.6. The molecule has 0 saturated heterocycles. The summed E-state index contributed by atoms with van der Waals surface area (Å²) in [6.07, 6.45) is 0.287. The Hall–Kier alpha value is -2.73. The second-order valence-corrected chi connectivity index (χ2v) is 9.59. The van der Waals surface area contributed by atoms with Gasteiger partial charge in [0, 0.05) is 5.66 Å². The zero-order valence-electron chi connectivity index (χ0n) is 16.3. The third-order valence-electron chi connectivity index (χ3n) is 5.19. The molecule has 0 aliphatic heterocycles. The van der Waals surface area contributed by atoms with E-state index in [9.17, 15) is 5.11 Å². The van der Waals surface area contributed by atoms with Crippen LogP contribution < -0.4 is 10.6 Å².